The van der Waals surface area contributed by atoms with Crippen molar-refractivity contribution in [2.45, 2.75) is 58.2 Å². The molecule has 1 aliphatic rings. The maximum Gasteiger partial charge on any atom is 0.342 e. The van der Waals surface area contributed by atoms with Crippen molar-refractivity contribution in [1.82, 2.24) is 0 Å². The van der Waals surface area contributed by atoms with E-state index in [1.807, 2.05) is 32.0 Å². The predicted octanol–water partition coefficient (Wildman–Crippen LogP) is 3.96. The molecule has 3 heteroatoms. The molecule has 0 N–H and O–H groups in total. The zero-order valence-corrected chi connectivity index (χ0v) is 11.7. The van der Waals surface area contributed by atoms with E-state index in [2.05, 4.69) is 0 Å². The summed E-state index contributed by atoms with van der Waals surface area (Å²) in [4.78, 5) is 12.2. The first-order chi connectivity index (χ1) is 9.16. The molecule has 1 aliphatic carbocycles. The second-order valence-electron chi connectivity index (χ2n) is 5.33. The minimum atomic E-state index is -0.261. The maximum absolute atomic E-state index is 12.2. The van der Waals surface area contributed by atoms with Crippen LogP contribution in [0.1, 0.15) is 56.3 Å². The van der Waals surface area contributed by atoms with Gasteiger partial charge in [0.25, 0.3) is 0 Å². The molecule has 2 rings (SSSR count). The summed E-state index contributed by atoms with van der Waals surface area (Å²) in [6.45, 7) is 3.90. The summed E-state index contributed by atoms with van der Waals surface area (Å²) in [7, 11) is 0. The van der Waals surface area contributed by atoms with E-state index in [0.717, 1.165) is 25.7 Å². The first-order valence-corrected chi connectivity index (χ1v) is 7.13. The van der Waals surface area contributed by atoms with Crippen molar-refractivity contribution < 1.29 is 14.3 Å². The van der Waals surface area contributed by atoms with Gasteiger partial charge in [0, 0.05) is 0 Å². The number of carbonyl (C=O) groups is 1. The molecular weight excluding hydrogens is 240 g/mol. The molecule has 0 radical (unpaired) electrons. The Bertz CT molecular complexity index is 420. The Hall–Kier alpha value is -1.51. The Morgan fingerprint density at radius 3 is 2.53 bits per heavy atom. The molecule has 104 valence electrons. The molecule has 1 fully saturated rings. The second-order valence-corrected chi connectivity index (χ2v) is 5.33. The van der Waals surface area contributed by atoms with Crippen LogP contribution < -0.4 is 4.74 Å². The average Bonchev–Trinajstić information content (AvgIpc) is 2.39. The number of ether oxygens (including phenoxy) is 2. The van der Waals surface area contributed by atoms with Crippen LogP contribution in [0.5, 0.6) is 5.75 Å². The lowest BCUT2D eigenvalue weighted by atomic mass is 9.98. The number of para-hydroxylation sites is 1. The van der Waals surface area contributed by atoms with Gasteiger partial charge in [-0.1, -0.05) is 18.6 Å². The number of carbonyl (C=O) groups excluding carboxylic acids is 1. The average molecular weight is 262 g/mol. The van der Waals surface area contributed by atoms with Gasteiger partial charge in [0.05, 0.1) is 6.10 Å². The van der Waals surface area contributed by atoms with E-state index < -0.39 is 0 Å². The van der Waals surface area contributed by atoms with Crippen molar-refractivity contribution in [2.75, 3.05) is 0 Å². The molecule has 1 aromatic carbocycles. The first-order valence-electron chi connectivity index (χ1n) is 7.13. The Labute approximate surface area is 114 Å². The molecule has 0 amide bonds. The van der Waals surface area contributed by atoms with Gasteiger partial charge in [0.2, 0.25) is 0 Å². The van der Waals surface area contributed by atoms with E-state index in [-0.39, 0.29) is 18.2 Å². The van der Waals surface area contributed by atoms with E-state index in [1.165, 1.54) is 6.42 Å². The van der Waals surface area contributed by atoms with Gasteiger partial charge in [0.1, 0.15) is 17.4 Å². The van der Waals surface area contributed by atoms with Crippen molar-refractivity contribution in [2.24, 2.45) is 0 Å². The van der Waals surface area contributed by atoms with Gasteiger partial charge >= 0.3 is 5.97 Å². The van der Waals surface area contributed by atoms with Gasteiger partial charge in [-0.25, -0.2) is 4.79 Å². The van der Waals surface area contributed by atoms with Gasteiger partial charge in [-0.3, -0.25) is 0 Å². The number of esters is 1. The molecule has 0 aromatic heterocycles. The van der Waals surface area contributed by atoms with Crippen molar-refractivity contribution in [3.05, 3.63) is 29.8 Å². The standard InChI is InChI=1S/C16H22O3/c1-12(2)18-15-11-7-6-10-14(15)16(17)19-13-8-4-3-5-9-13/h6-7,10-13H,3-5,8-9H2,1-2H3. The molecule has 3 nitrogen and oxygen atoms in total. The minimum Gasteiger partial charge on any atom is -0.490 e. The Morgan fingerprint density at radius 2 is 1.84 bits per heavy atom. The summed E-state index contributed by atoms with van der Waals surface area (Å²) in [5.74, 6) is 0.349. The quantitative estimate of drug-likeness (QED) is 0.770. The predicted molar refractivity (Wildman–Crippen MR) is 74.5 cm³/mol. The third kappa shape index (κ3) is 3.98. The van der Waals surface area contributed by atoms with Gasteiger partial charge in [-0.2, -0.15) is 0 Å². The third-order valence-electron chi connectivity index (χ3n) is 3.30. The molecule has 1 aromatic rings. The highest BCUT2D eigenvalue weighted by atomic mass is 16.5. The van der Waals surface area contributed by atoms with E-state index in [0.29, 0.717) is 11.3 Å². The van der Waals surface area contributed by atoms with Crippen LogP contribution in [-0.4, -0.2) is 18.2 Å². The molecule has 0 unspecified atom stereocenters. The molecule has 0 spiro atoms. The Kier molecular flexibility index (Phi) is 4.83. The van der Waals surface area contributed by atoms with Crippen molar-refractivity contribution >= 4 is 5.97 Å². The summed E-state index contributed by atoms with van der Waals surface area (Å²) >= 11 is 0. The van der Waals surface area contributed by atoms with Crippen LogP contribution in [0.25, 0.3) is 0 Å². The van der Waals surface area contributed by atoms with Gasteiger partial charge in [0.15, 0.2) is 0 Å². The van der Waals surface area contributed by atoms with Crippen LogP contribution in [0, 0.1) is 0 Å². The topological polar surface area (TPSA) is 35.5 Å². The first kappa shape index (κ1) is 13.9. The van der Waals surface area contributed by atoms with Gasteiger partial charge in [-0.05, 0) is 51.7 Å². The smallest absolute Gasteiger partial charge is 0.342 e. The van der Waals surface area contributed by atoms with Crippen LogP contribution >= 0.6 is 0 Å². The van der Waals surface area contributed by atoms with Gasteiger partial charge in [-0.15, -0.1) is 0 Å². The van der Waals surface area contributed by atoms with Crippen LogP contribution in [0.15, 0.2) is 24.3 Å². The van der Waals surface area contributed by atoms with E-state index in [4.69, 9.17) is 9.47 Å². The summed E-state index contributed by atoms with van der Waals surface area (Å²) in [5, 5.41) is 0. The molecular formula is C16H22O3. The summed E-state index contributed by atoms with van der Waals surface area (Å²) in [6.07, 6.45) is 5.65. The van der Waals surface area contributed by atoms with Gasteiger partial charge < -0.3 is 9.47 Å². The van der Waals surface area contributed by atoms with Crippen molar-refractivity contribution in [3.63, 3.8) is 0 Å². The zero-order chi connectivity index (χ0) is 13.7. The summed E-state index contributed by atoms with van der Waals surface area (Å²) in [5.41, 5.74) is 0.529. The van der Waals surface area contributed by atoms with Crippen LogP contribution in [0.4, 0.5) is 0 Å². The largest absolute Gasteiger partial charge is 0.490 e. The maximum atomic E-state index is 12.2. The number of hydrogen-bond acceptors (Lipinski definition) is 3. The lowest BCUT2D eigenvalue weighted by molar-refractivity contribution is 0.0206. The number of benzene rings is 1. The van der Waals surface area contributed by atoms with Crippen LogP contribution in [0.2, 0.25) is 0 Å². The second kappa shape index (κ2) is 6.60. The molecule has 1 saturated carbocycles. The molecule has 0 atom stereocenters. The molecule has 0 aliphatic heterocycles. The number of hydrogen-bond donors (Lipinski definition) is 0. The number of rotatable bonds is 4. The molecule has 0 saturated heterocycles. The Morgan fingerprint density at radius 1 is 1.16 bits per heavy atom. The fraction of sp³-hybridized carbons (Fsp3) is 0.562. The SMILES string of the molecule is CC(C)Oc1ccccc1C(=O)OC1CCCCC1. The molecule has 0 bridgehead atoms. The highest BCUT2D eigenvalue weighted by Gasteiger charge is 2.21. The Balaban J connectivity index is 2.05. The highest BCUT2D eigenvalue weighted by molar-refractivity contribution is 5.92. The fourth-order valence-corrected chi connectivity index (χ4v) is 2.39. The van der Waals surface area contributed by atoms with Crippen LogP contribution in [0.3, 0.4) is 0 Å². The minimum absolute atomic E-state index is 0.0450. The summed E-state index contributed by atoms with van der Waals surface area (Å²) < 4.78 is 11.2. The lowest BCUT2D eigenvalue weighted by Gasteiger charge is -2.22. The summed E-state index contributed by atoms with van der Waals surface area (Å²) in [6, 6.07) is 7.29. The zero-order valence-electron chi connectivity index (χ0n) is 11.7. The molecule has 19 heavy (non-hydrogen) atoms. The lowest BCUT2D eigenvalue weighted by Crippen LogP contribution is -2.21. The fourth-order valence-electron chi connectivity index (χ4n) is 2.39. The third-order valence-corrected chi connectivity index (χ3v) is 3.30. The highest BCUT2D eigenvalue weighted by Crippen LogP contribution is 2.25. The van der Waals surface area contributed by atoms with Crippen LogP contribution in [-0.2, 0) is 4.74 Å². The van der Waals surface area contributed by atoms with Crippen molar-refractivity contribution in [1.29, 1.82) is 0 Å². The van der Waals surface area contributed by atoms with E-state index in [1.54, 1.807) is 6.07 Å². The molecule has 0 heterocycles. The van der Waals surface area contributed by atoms with Crippen molar-refractivity contribution in [3.8, 4) is 5.75 Å². The monoisotopic (exact) mass is 262 g/mol. The normalized spacial score (nSPS) is 16.4. The van der Waals surface area contributed by atoms with E-state index >= 15 is 0 Å². The van der Waals surface area contributed by atoms with E-state index in [9.17, 15) is 4.79 Å².